The fraction of sp³-hybridized carbons (Fsp3) is 0.364. The first kappa shape index (κ1) is 11.9. The topological polar surface area (TPSA) is 52.3 Å². The maximum Gasteiger partial charge on any atom is 0.491 e. The Bertz CT molecular complexity index is 457. The first-order valence-corrected chi connectivity index (χ1v) is 5.06. The van der Waals surface area contributed by atoms with E-state index < -0.39 is 12.1 Å². The van der Waals surface area contributed by atoms with E-state index in [4.69, 9.17) is 5.73 Å². The van der Waals surface area contributed by atoms with Crippen LogP contribution in [0.1, 0.15) is 23.6 Å². The molecular weight excluding hydrogens is 235 g/mol. The van der Waals surface area contributed by atoms with Gasteiger partial charge in [0.15, 0.2) is 0 Å². The molecule has 0 heterocycles. The third-order valence-corrected chi connectivity index (χ3v) is 2.71. The molecule has 1 aromatic rings. The fourth-order valence-corrected chi connectivity index (χ4v) is 1.91. The number of hydrogen-bond acceptors (Lipinski definition) is 3. The maximum absolute atomic E-state index is 12.1. The largest absolute Gasteiger partial charge is 0.491 e. The zero-order chi connectivity index (χ0) is 12.6. The van der Waals surface area contributed by atoms with Crippen LogP contribution in [0.2, 0.25) is 0 Å². The molecule has 0 spiro atoms. The number of rotatable bonds is 1. The van der Waals surface area contributed by atoms with Crippen LogP contribution in [-0.2, 0) is 11.2 Å². The van der Waals surface area contributed by atoms with Crippen molar-refractivity contribution in [3.8, 4) is 5.75 Å². The van der Waals surface area contributed by atoms with E-state index >= 15 is 0 Å². The average molecular weight is 245 g/mol. The molecule has 92 valence electrons. The summed E-state index contributed by atoms with van der Waals surface area (Å²) in [5.41, 5.74) is 7.11. The monoisotopic (exact) mass is 245 g/mol. The lowest BCUT2D eigenvalue weighted by molar-refractivity contribution is -0.189. The first-order valence-electron chi connectivity index (χ1n) is 5.06. The Morgan fingerprint density at radius 3 is 2.76 bits per heavy atom. The Hall–Kier alpha value is -1.56. The normalized spacial score (nSPS) is 18.9. The number of alkyl halides is 3. The van der Waals surface area contributed by atoms with E-state index in [9.17, 15) is 18.0 Å². The highest BCUT2D eigenvalue weighted by atomic mass is 19.4. The van der Waals surface area contributed by atoms with Gasteiger partial charge in [-0.2, -0.15) is 13.2 Å². The minimum Gasteiger partial charge on any atom is -0.420 e. The van der Waals surface area contributed by atoms with Gasteiger partial charge >= 0.3 is 12.1 Å². The number of hydrogen-bond donors (Lipinski definition) is 1. The lowest BCUT2D eigenvalue weighted by atomic mass is 10.1. The summed E-state index contributed by atoms with van der Waals surface area (Å²) in [7, 11) is 0. The van der Waals surface area contributed by atoms with Crippen molar-refractivity contribution in [1.82, 2.24) is 0 Å². The molecule has 1 atom stereocenters. The highest BCUT2D eigenvalue weighted by Crippen LogP contribution is 2.36. The predicted octanol–water partition coefficient (Wildman–Crippen LogP) is 2.10. The van der Waals surface area contributed by atoms with Crippen LogP contribution < -0.4 is 10.5 Å². The van der Waals surface area contributed by atoms with Gasteiger partial charge in [0.05, 0.1) is 0 Å². The molecule has 0 fully saturated rings. The smallest absolute Gasteiger partial charge is 0.420 e. The second kappa shape index (κ2) is 4.03. The van der Waals surface area contributed by atoms with Crippen molar-refractivity contribution in [2.45, 2.75) is 25.1 Å². The van der Waals surface area contributed by atoms with Gasteiger partial charge in [0, 0.05) is 6.04 Å². The summed E-state index contributed by atoms with van der Waals surface area (Å²) in [6.45, 7) is 0. The summed E-state index contributed by atoms with van der Waals surface area (Å²) in [6.07, 6.45) is -3.81. The Labute approximate surface area is 95.4 Å². The van der Waals surface area contributed by atoms with Crippen molar-refractivity contribution in [3.63, 3.8) is 0 Å². The Morgan fingerprint density at radius 1 is 1.41 bits per heavy atom. The van der Waals surface area contributed by atoms with Crippen molar-refractivity contribution >= 4 is 5.97 Å². The molecule has 2 N–H and O–H groups in total. The van der Waals surface area contributed by atoms with Crippen LogP contribution in [0.4, 0.5) is 13.2 Å². The second-order valence-electron chi connectivity index (χ2n) is 3.86. The number of benzene rings is 1. The van der Waals surface area contributed by atoms with E-state index in [1.165, 1.54) is 12.1 Å². The lowest BCUT2D eigenvalue weighted by Crippen LogP contribution is -2.28. The number of ether oxygens (including phenoxy) is 1. The average Bonchev–Trinajstić information content (AvgIpc) is 2.60. The molecule has 0 unspecified atom stereocenters. The molecule has 1 aliphatic rings. The Balaban J connectivity index is 2.27. The van der Waals surface area contributed by atoms with Crippen LogP contribution in [0, 0.1) is 0 Å². The summed E-state index contributed by atoms with van der Waals surface area (Å²) >= 11 is 0. The number of carbonyl (C=O) groups excluding carboxylic acids is 1. The van der Waals surface area contributed by atoms with Crippen LogP contribution in [-0.4, -0.2) is 12.1 Å². The molecule has 0 aliphatic heterocycles. The Morgan fingerprint density at radius 2 is 2.12 bits per heavy atom. The minimum atomic E-state index is -4.98. The number of fused-ring (bicyclic) bond motifs is 1. The van der Waals surface area contributed by atoms with Gasteiger partial charge in [-0.1, -0.05) is 12.1 Å². The first-order chi connectivity index (χ1) is 7.89. The van der Waals surface area contributed by atoms with E-state index in [1.807, 2.05) is 0 Å². The molecule has 1 aliphatic carbocycles. The predicted molar refractivity (Wildman–Crippen MR) is 53.4 cm³/mol. The Kier molecular flexibility index (Phi) is 2.82. The van der Waals surface area contributed by atoms with Gasteiger partial charge in [-0.3, -0.25) is 0 Å². The van der Waals surface area contributed by atoms with Crippen LogP contribution >= 0.6 is 0 Å². The third-order valence-electron chi connectivity index (χ3n) is 2.71. The van der Waals surface area contributed by atoms with E-state index in [0.29, 0.717) is 18.4 Å². The molecule has 17 heavy (non-hydrogen) atoms. The van der Waals surface area contributed by atoms with Crippen LogP contribution in [0.3, 0.4) is 0 Å². The highest BCUT2D eigenvalue weighted by molar-refractivity contribution is 5.78. The molecule has 0 aromatic heterocycles. The number of halogens is 3. The van der Waals surface area contributed by atoms with Crippen LogP contribution in [0.15, 0.2) is 18.2 Å². The summed E-state index contributed by atoms with van der Waals surface area (Å²) < 4.78 is 40.5. The molecule has 0 radical (unpaired) electrons. The van der Waals surface area contributed by atoms with Gasteiger partial charge in [0.25, 0.3) is 0 Å². The van der Waals surface area contributed by atoms with Gasteiger partial charge < -0.3 is 10.5 Å². The quantitative estimate of drug-likeness (QED) is 0.609. The zero-order valence-electron chi connectivity index (χ0n) is 8.75. The van der Waals surface area contributed by atoms with E-state index in [2.05, 4.69) is 4.74 Å². The summed E-state index contributed by atoms with van der Waals surface area (Å²) in [5.74, 6) is -2.25. The number of carbonyl (C=O) groups is 1. The highest BCUT2D eigenvalue weighted by Gasteiger charge is 2.42. The molecule has 1 aromatic carbocycles. The summed E-state index contributed by atoms with van der Waals surface area (Å²) in [5, 5.41) is 0. The maximum atomic E-state index is 12.1. The van der Waals surface area contributed by atoms with Gasteiger partial charge in [0.2, 0.25) is 0 Å². The van der Waals surface area contributed by atoms with Gasteiger partial charge in [-0.25, -0.2) is 4.79 Å². The van der Waals surface area contributed by atoms with Gasteiger partial charge in [-0.05, 0) is 30.0 Å². The molecule has 0 saturated carbocycles. The summed E-state index contributed by atoms with van der Waals surface area (Å²) in [6, 6.07) is 4.41. The van der Waals surface area contributed by atoms with Crippen molar-refractivity contribution in [3.05, 3.63) is 29.3 Å². The standard InChI is InChI=1S/C11H10F3NO2/c12-11(13,14)10(16)17-9-3-1-2-6-7(9)4-5-8(6)15/h1-3,8H,4-5,15H2/t8-/m0/s1. The molecule has 2 rings (SSSR count). The second-order valence-corrected chi connectivity index (χ2v) is 3.86. The van der Waals surface area contributed by atoms with Gasteiger partial charge in [-0.15, -0.1) is 0 Å². The molecule has 0 bridgehead atoms. The van der Waals surface area contributed by atoms with E-state index in [-0.39, 0.29) is 11.8 Å². The molecule has 6 heteroatoms. The van der Waals surface area contributed by atoms with Crippen molar-refractivity contribution in [2.24, 2.45) is 5.73 Å². The van der Waals surface area contributed by atoms with Crippen molar-refractivity contribution in [2.75, 3.05) is 0 Å². The van der Waals surface area contributed by atoms with Crippen molar-refractivity contribution in [1.29, 1.82) is 0 Å². The van der Waals surface area contributed by atoms with Crippen LogP contribution in [0.5, 0.6) is 5.75 Å². The summed E-state index contributed by atoms with van der Waals surface area (Å²) in [4.78, 5) is 10.7. The SMILES string of the molecule is N[C@H]1CCc2c(OC(=O)C(F)(F)F)cccc21. The van der Waals surface area contributed by atoms with Crippen LogP contribution in [0.25, 0.3) is 0 Å². The van der Waals surface area contributed by atoms with E-state index in [1.54, 1.807) is 6.07 Å². The molecule has 0 amide bonds. The van der Waals surface area contributed by atoms with E-state index in [0.717, 1.165) is 5.56 Å². The number of esters is 1. The van der Waals surface area contributed by atoms with Crippen molar-refractivity contribution < 1.29 is 22.7 Å². The lowest BCUT2D eigenvalue weighted by Gasteiger charge is -2.11. The zero-order valence-corrected chi connectivity index (χ0v) is 8.75. The molecule has 3 nitrogen and oxygen atoms in total. The molecular formula is C11H10F3NO2. The fourth-order valence-electron chi connectivity index (χ4n) is 1.91. The molecule has 0 saturated heterocycles. The number of nitrogens with two attached hydrogens (primary N) is 1. The van der Waals surface area contributed by atoms with Gasteiger partial charge in [0.1, 0.15) is 5.75 Å². The minimum absolute atomic E-state index is 0.0437. The third kappa shape index (κ3) is 2.26.